The summed E-state index contributed by atoms with van der Waals surface area (Å²) >= 11 is 6.13. The number of likely N-dealkylation sites (tertiary alicyclic amines) is 1. The smallest absolute Gasteiger partial charge is 0.149 e. The second kappa shape index (κ2) is 8.80. The minimum Gasteiger partial charge on any atom is -0.299 e. The highest BCUT2D eigenvalue weighted by Crippen LogP contribution is 2.31. The highest BCUT2D eigenvalue weighted by molar-refractivity contribution is 6.20. The van der Waals surface area contributed by atoms with Gasteiger partial charge >= 0.3 is 0 Å². The fourth-order valence-corrected chi connectivity index (χ4v) is 5.07. The minimum atomic E-state index is 0.224. The van der Waals surface area contributed by atoms with E-state index < -0.39 is 0 Å². The lowest BCUT2D eigenvalue weighted by Gasteiger charge is -2.34. The Morgan fingerprint density at radius 1 is 0.750 bits per heavy atom. The number of nitrogens with zero attached hydrogens (tertiary/aromatic N) is 1. The number of piperidine rings is 1. The Morgan fingerprint density at radius 3 is 1.96 bits per heavy atom. The summed E-state index contributed by atoms with van der Waals surface area (Å²) in [7, 11) is 0. The summed E-state index contributed by atoms with van der Waals surface area (Å²) < 4.78 is 0. The molecule has 0 radical (unpaired) electrons. The fraction of sp³-hybridized carbons (Fsp3) is 0.900. The standard InChI is InChI=1S/C20H32ClNO2/c21-18-8-6-15(7-9-18)19(23)14-22-12-10-17(11-13-22)20(24)16-4-2-1-3-5-16/h15-18H,1-14H2. The molecule has 0 aromatic rings. The predicted octanol–water partition coefficient (Wildman–Crippen LogP) is 4.21. The fourth-order valence-electron chi connectivity index (χ4n) is 4.82. The van der Waals surface area contributed by atoms with E-state index in [0.717, 1.165) is 64.5 Å². The monoisotopic (exact) mass is 353 g/mol. The first-order valence-corrected chi connectivity index (χ1v) is 10.5. The van der Waals surface area contributed by atoms with Crippen LogP contribution in [-0.2, 0) is 9.59 Å². The topological polar surface area (TPSA) is 37.4 Å². The van der Waals surface area contributed by atoms with Crippen molar-refractivity contribution in [2.75, 3.05) is 19.6 Å². The van der Waals surface area contributed by atoms with Gasteiger partial charge in [-0.3, -0.25) is 14.5 Å². The van der Waals surface area contributed by atoms with Crippen molar-refractivity contribution in [3.63, 3.8) is 0 Å². The van der Waals surface area contributed by atoms with Gasteiger partial charge in [-0.25, -0.2) is 0 Å². The molecule has 0 atom stereocenters. The number of hydrogen-bond acceptors (Lipinski definition) is 3. The Balaban J connectivity index is 1.40. The zero-order valence-electron chi connectivity index (χ0n) is 14.9. The van der Waals surface area contributed by atoms with Gasteiger partial charge in [0.15, 0.2) is 0 Å². The molecule has 3 fully saturated rings. The average Bonchev–Trinajstić information content (AvgIpc) is 2.63. The molecule has 0 unspecified atom stereocenters. The van der Waals surface area contributed by atoms with Gasteiger partial charge in [0.05, 0.1) is 6.54 Å². The van der Waals surface area contributed by atoms with Crippen molar-refractivity contribution in [2.45, 2.75) is 76.0 Å². The van der Waals surface area contributed by atoms with Gasteiger partial charge in [-0.15, -0.1) is 11.6 Å². The Labute approximate surface area is 151 Å². The third kappa shape index (κ3) is 4.82. The summed E-state index contributed by atoms with van der Waals surface area (Å²) in [5, 5.41) is 0.274. The Kier molecular flexibility index (Phi) is 6.74. The van der Waals surface area contributed by atoms with Gasteiger partial charge in [0.1, 0.15) is 11.6 Å². The maximum Gasteiger partial charge on any atom is 0.149 e. The van der Waals surface area contributed by atoms with Crippen molar-refractivity contribution in [1.29, 1.82) is 0 Å². The van der Waals surface area contributed by atoms with E-state index in [9.17, 15) is 9.59 Å². The van der Waals surface area contributed by atoms with E-state index in [1.54, 1.807) is 0 Å². The molecule has 1 heterocycles. The first kappa shape index (κ1) is 18.4. The maximum absolute atomic E-state index is 12.7. The van der Waals surface area contributed by atoms with Crippen LogP contribution in [0.15, 0.2) is 0 Å². The quantitative estimate of drug-likeness (QED) is 0.694. The molecule has 0 spiro atoms. The zero-order valence-corrected chi connectivity index (χ0v) is 15.6. The van der Waals surface area contributed by atoms with Crippen molar-refractivity contribution in [1.82, 2.24) is 4.90 Å². The Morgan fingerprint density at radius 2 is 1.33 bits per heavy atom. The summed E-state index contributed by atoms with van der Waals surface area (Å²) in [5.74, 6) is 1.74. The number of carbonyl (C=O) groups excluding carboxylic acids is 2. The maximum atomic E-state index is 12.7. The molecule has 2 saturated carbocycles. The lowest BCUT2D eigenvalue weighted by molar-refractivity contribution is -0.129. The van der Waals surface area contributed by atoms with Crippen molar-refractivity contribution in [2.24, 2.45) is 17.8 Å². The van der Waals surface area contributed by atoms with Crippen molar-refractivity contribution < 1.29 is 9.59 Å². The third-order valence-corrected chi connectivity index (χ3v) is 6.93. The molecule has 0 aromatic heterocycles. The van der Waals surface area contributed by atoms with Crippen molar-refractivity contribution >= 4 is 23.2 Å². The van der Waals surface area contributed by atoms with Gasteiger partial charge in [0.2, 0.25) is 0 Å². The van der Waals surface area contributed by atoms with Crippen molar-refractivity contribution in [3.8, 4) is 0 Å². The van der Waals surface area contributed by atoms with Crippen LogP contribution in [0, 0.1) is 17.8 Å². The molecule has 0 N–H and O–H groups in total. The van der Waals surface area contributed by atoms with Crippen LogP contribution in [0.5, 0.6) is 0 Å². The SMILES string of the molecule is O=C(CN1CCC(C(=O)C2CCCCC2)CC1)C1CCC(Cl)CC1. The molecule has 1 aliphatic heterocycles. The van der Waals surface area contributed by atoms with Crippen LogP contribution in [0.25, 0.3) is 0 Å². The normalized spacial score (nSPS) is 31.0. The van der Waals surface area contributed by atoms with E-state index in [4.69, 9.17) is 11.6 Å². The molecule has 0 aromatic carbocycles. The van der Waals surface area contributed by atoms with Crippen LogP contribution in [0.3, 0.4) is 0 Å². The third-order valence-electron chi connectivity index (χ3n) is 6.49. The molecule has 3 nitrogen and oxygen atoms in total. The minimum absolute atomic E-state index is 0.224. The summed E-state index contributed by atoms with van der Waals surface area (Å²) in [6.07, 6.45) is 11.8. The average molecular weight is 354 g/mol. The van der Waals surface area contributed by atoms with Gasteiger partial charge in [-0.05, 0) is 64.5 Å². The first-order chi connectivity index (χ1) is 11.6. The largest absolute Gasteiger partial charge is 0.299 e. The number of halogens is 1. The van der Waals surface area contributed by atoms with Gasteiger partial charge in [0.25, 0.3) is 0 Å². The van der Waals surface area contributed by atoms with Crippen LogP contribution in [0.1, 0.15) is 70.6 Å². The predicted molar refractivity (Wildman–Crippen MR) is 97.4 cm³/mol. The summed E-state index contributed by atoms with van der Waals surface area (Å²) in [6.45, 7) is 2.42. The lowest BCUT2D eigenvalue weighted by atomic mass is 9.78. The Hall–Kier alpha value is -0.410. The highest BCUT2D eigenvalue weighted by atomic mass is 35.5. The van der Waals surface area contributed by atoms with Crippen LogP contribution in [0.2, 0.25) is 0 Å². The highest BCUT2D eigenvalue weighted by Gasteiger charge is 2.32. The number of hydrogen-bond donors (Lipinski definition) is 0. The molecule has 3 rings (SSSR count). The van der Waals surface area contributed by atoms with Crippen molar-refractivity contribution in [3.05, 3.63) is 0 Å². The number of carbonyl (C=O) groups is 2. The van der Waals surface area contributed by atoms with Gasteiger partial charge in [-0.2, -0.15) is 0 Å². The van der Waals surface area contributed by atoms with E-state index in [0.29, 0.717) is 24.0 Å². The summed E-state index contributed by atoms with van der Waals surface area (Å²) in [6, 6.07) is 0. The second-order valence-corrected chi connectivity index (χ2v) is 8.82. The molecule has 2 aliphatic carbocycles. The lowest BCUT2D eigenvalue weighted by Crippen LogP contribution is -2.42. The van der Waals surface area contributed by atoms with E-state index in [1.807, 2.05) is 0 Å². The molecule has 3 aliphatic rings. The van der Waals surface area contributed by atoms with E-state index in [2.05, 4.69) is 4.90 Å². The molecule has 4 heteroatoms. The summed E-state index contributed by atoms with van der Waals surface area (Å²) in [4.78, 5) is 27.4. The first-order valence-electron chi connectivity index (χ1n) is 10.1. The molecular formula is C20H32ClNO2. The van der Waals surface area contributed by atoms with Gasteiger partial charge in [0, 0.05) is 23.1 Å². The number of Topliss-reactive ketones (excluding diaryl/α,β-unsaturated/α-hetero) is 2. The van der Waals surface area contributed by atoms with E-state index in [1.165, 1.54) is 19.3 Å². The number of ketones is 2. The Bertz CT molecular complexity index is 431. The summed E-state index contributed by atoms with van der Waals surface area (Å²) in [5.41, 5.74) is 0. The van der Waals surface area contributed by atoms with E-state index in [-0.39, 0.29) is 17.2 Å². The van der Waals surface area contributed by atoms with E-state index >= 15 is 0 Å². The van der Waals surface area contributed by atoms with Crippen LogP contribution in [0.4, 0.5) is 0 Å². The molecule has 1 saturated heterocycles. The molecule has 24 heavy (non-hydrogen) atoms. The van der Waals surface area contributed by atoms with Crippen LogP contribution in [-0.4, -0.2) is 41.5 Å². The molecular weight excluding hydrogens is 322 g/mol. The molecule has 0 bridgehead atoms. The van der Waals surface area contributed by atoms with Crippen LogP contribution >= 0.6 is 11.6 Å². The second-order valence-electron chi connectivity index (χ2n) is 8.20. The van der Waals surface area contributed by atoms with Gasteiger partial charge < -0.3 is 0 Å². The molecule has 0 amide bonds. The van der Waals surface area contributed by atoms with Gasteiger partial charge in [-0.1, -0.05) is 19.3 Å². The molecule has 136 valence electrons. The number of alkyl halides is 1. The van der Waals surface area contributed by atoms with Crippen LogP contribution < -0.4 is 0 Å². The zero-order chi connectivity index (χ0) is 16.9. The number of rotatable bonds is 5.